The van der Waals surface area contributed by atoms with Crippen molar-refractivity contribution in [2.45, 2.75) is 12.8 Å². The van der Waals surface area contributed by atoms with Crippen LogP contribution in [0.1, 0.15) is 12.8 Å². The van der Waals surface area contributed by atoms with Gasteiger partial charge >= 0.3 is 5.97 Å². The topological polar surface area (TPSA) is 66.4 Å². The molecular formula is C7H11NO3. The van der Waals surface area contributed by atoms with Gasteiger partial charge in [0, 0.05) is 13.0 Å². The molecule has 0 atom stereocenters. The van der Waals surface area contributed by atoms with Crippen LogP contribution in [0.5, 0.6) is 0 Å². The number of hydrogen-bond donors (Lipinski definition) is 2. The Hall–Kier alpha value is -1.32. The average Bonchev–Trinajstić information content (AvgIpc) is 1.97. The first-order valence-electron chi connectivity index (χ1n) is 3.26. The molecular weight excluding hydrogens is 146 g/mol. The molecule has 0 aromatic heterocycles. The molecule has 0 saturated heterocycles. The predicted molar refractivity (Wildman–Crippen MR) is 40.1 cm³/mol. The van der Waals surface area contributed by atoms with Gasteiger partial charge in [0.15, 0.2) is 0 Å². The highest BCUT2D eigenvalue weighted by Gasteiger charge is 2.02. The minimum atomic E-state index is -0.959. The van der Waals surface area contributed by atoms with Crippen molar-refractivity contribution in [3.63, 3.8) is 0 Å². The third kappa shape index (κ3) is 6.57. The van der Waals surface area contributed by atoms with Crippen molar-refractivity contribution in [2.24, 2.45) is 0 Å². The minimum Gasteiger partial charge on any atom is -0.481 e. The molecule has 4 nitrogen and oxygen atoms in total. The van der Waals surface area contributed by atoms with Gasteiger partial charge in [0.2, 0.25) is 5.91 Å². The van der Waals surface area contributed by atoms with Gasteiger partial charge in [0.05, 0.1) is 6.42 Å². The summed E-state index contributed by atoms with van der Waals surface area (Å²) >= 11 is 0. The van der Waals surface area contributed by atoms with Gasteiger partial charge in [-0.05, 0) is 0 Å². The Labute approximate surface area is 64.9 Å². The van der Waals surface area contributed by atoms with Gasteiger partial charge in [-0.25, -0.2) is 0 Å². The highest BCUT2D eigenvalue weighted by Crippen LogP contribution is 1.87. The van der Waals surface area contributed by atoms with E-state index in [4.69, 9.17) is 5.11 Å². The summed E-state index contributed by atoms with van der Waals surface area (Å²) in [4.78, 5) is 20.7. The van der Waals surface area contributed by atoms with E-state index in [1.165, 1.54) is 0 Å². The molecule has 0 aromatic carbocycles. The second-order valence-electron chi connectivity index (χ2n) is 1.99. The number of carbonyl (C=O) groups excluding carboxylic acids is 1. The number of hydrogen-bond acceptors (Lipinski definition) is 2. The van der Waals surface area contributed by atoms with Crippen LogP contribution in [-0.2, 0) is 9.59 Å². The Kier molecular flexibility index (Phi) is 4.81. The smallest absolute Gasteiger partial charge is 0.303 e. The van der Waals surface area contributed by atoms with E-state index in [9.17, 15) is 9.59 Å². The highest BCUT2D eigenvalue weighted by atomic mass is 16.4. The first kappa shape index (κ1) is 9.68. The molecule has 11 heavy (non-hydrogen) atoms. The maximum atomic E-state index is 10.7. The molecule has 0 aliphatic heterocycles. The molecule has 0 aliphatic carbocycles. The summed E-state index contributed by atoms with van der Waals surface area (Å²) in [5.74, 6) is -1.22. The summed E-state index contributed by atoms with van der Waals surface area (Å²) in [6.45, 7) is 3.78. The molecule has 0 spiro atoms. The Morgan fingerprint density at radius 2 is 2.09 bits per heavy atom. The lowest BCUT2D eigenvalue weighted by Gasteiger charge is -1.98. The molecule has 0 saturated carbocycles. The van der Waals surface area contributed by atoms with Crippen molar-refractivity contribution < 1.29 is 14.7 Å². The minimum absolute atomic E-state index is 0.0309. The normalized spacial score (nSPS) is 8.73. The van der Waals surface area contributed by atoms with Crippen LogP contribution in [0.15, 0.2) is 12.7 Å². The zero-order valence-electron chi connectivity index (χ0n) is 6.17. The molecule has 0 heterocycles. The Bertz CT molecular complexity index is 165. The first-order chi connectivity index (χ1) is 5.16. The number of amides is 1. The van der Waals surface area contributed by atoms with Crippen molar-refractivity contribution in [3.8, 4) is 0 Å². The third-order valence-electron chi connectivity index (χ3n) is 1.01. The maximum Gasteiger partial charge on any atom is 0.303 e. The van der Waals surface area contributed by atoms with Crippen LogP contribution in [0.3, 0.4) is 0 Å². The third-order valence-corrected chi connectivity index (χ3v) is 1.01. The summed E-state index contributed by atoms with van der Waals surface area (Å²) in [5.41, 5.74) is 0. The molecule has 1 amide bonds. The molecule has 62 valence electrons. The lowest BCUT2D eigenvalue weighted by Crippen LogP contribution is -2.23. The van der Waals surface area contributed by atoms with Crippen LogP contribution in [0.4, 0.5) is 0 Å². The highest BCUT2D eigenvalue weighted by molar-refractivity contribution is 5.80. The van der Waals surface area contributed by atoms with Crippen LogP contribution < -0.4 is 5.32 Å². The lowest BCUT2D eigenvalue weighted by atomic mass is 10.3. The van der Waals surface area contributed by atoms with Gasteiger partial charge in [-0.1, -0.05) is 6.08 Å². The number of carboxylic acids is 1. The van der Waals surface area contributed by atoms with Crippen molar-refractivity contribution in [1.29, 1.82) is 0 Å². The fourth-order valence-electron chi connectivity index (χ4n) is 0.495. The van der Waals surface area contributed by atoms with E-state index in [0.29, 0.717) is 6.54 Å². The average molecular weight is 157 g/mol. The molecule has 0 aromatic rings. The van der Waals surface area contributed by atoms with Crippen LogP contribution >= 0.6 is 0 Å². The van der Waals surface area contributed by atoms with Gasteiger partial charge in [0.25, 0.3) is 0 Å². The van der Waals surface area contributed by atoms with Crippen molar-refractivity contribution >= 4 is 11.9 Å². The Morgan fingerprint density at radius 3 is 2.55 bits per heavy atom. The fourth-order valence-corrected chi connectivity index (χ4v) is 0.495. The summed E-state index contributed by atoms with van der Waals surface area (Å²) in [6, 6.07) is 0. The van der Waals surface area contributed by atoms with Crippen molar-refractivity contribution in [3.05, 3.63) is 12.7 Å². The van der Waals surface area contributed by atoms with E-state index < -0.39 is 5.97 Å². The van der Waals surface area contributed by atoms with E-state index in [1.54, 1.807) is 6.08 Å². The van der Waals surface area contributed by atoms with E-state index >= 15 is 0 Å². The quantitative estimate of drug-likeness (QED) is 0.558. The van der Waals surface area contributed by atoms with Crippen LogP contribution in [-0.4, -0.2) is 23.5 Å². The van der Waals surface area contributed by atoms with Gasteiger partial charge in [-0.3, -0.25) is 9.59 Å². The Morgan fingerprint density at radius 1 is 1.45 bits per heavy atom. The molecule has 0 fully saturated rings. The largest absolute Gasteiger partial charge is 0.481 e. The van der Waals surface area contributed by atoms with E-state index in [-0.39, 0.29) is 18.7 Å². The molecule has 2 N–H and O–H groups in total. The lowest BCUT2D eigenvalue weighted by molar-refractivity contribution is -0.138. The monoisotopic (exact) mass is 157 g/mol. The van der Waals surface area contributed by atoms with E-state index in [2.05, 4.69) is 11.9 Å². The molecule has 0 bridgehead atoms. The molecule has 0 unspecified atom stereocenters. The SMILES string of the molecule is C=CCNC(=O)CCC(=O)O. The Balaban J connectivity index is 3.37. The molecule has 0 aliphatic rings. The van der Waals surface area contributed by atoms with E-state index in [1.807, 2.05) is 0 Å². The van der Waals surface area contributed by atoms with Crippen LogP contribution in [0.25, 0.3) is 0 Å². The predicted octanol–water partition coefficient (Wildman–Crippen LogP) is 0.153. The summed E-state index contributed by atoms with van der Waals surface area (Å²) in [6.07, 6.45) is 1.45. The molecule has 0 radical (unpaired) electrons. The van der Waals surface area contributed by atoms with Crippen LogP contribution in [0.2, 0.25) is 0 Å². The zero-order valence-corrected chi connectivity index (χ0v) is 6.17. The second-order valence-corrected chi connectivity index (χ2v) is 1.99. The summed E-state index contributed by atoms with van der Waals surface area (Å²) in [5, 5.41) is 10.7. The van der Waals surface area contributed by atoms with Crippen molar-refractivity contribution in [2.75, 3.05) is 6.54 Å². The molecule has 4 heteroatoms. The number of carbonyl (C=O) groups is 2. The number of nitrogens with one attached hydrogen (secondary N) is 1. The summed E-state index contributed by atoms with van der Waals surface area (Å²) < 4.78 is 0. The fraction of sp³-hybridized carbons (Fsp3) is 0.429. The number of carboxylic acid groups (broad SMARTS) is 1. The van der Waals surface area contributed by atoms with Gasteiger partial charge in [-0.15, -0.1) is 6.58 Å². The standard InChI is InChI=1S/C7H11NO3/c1-2-5-8-6(9)3-4-7(10)11/h2H,1,3-5H2,(H,8,9)(H,10,11). The second kappa shape index (κ2) is 5.46. The summed E-state index contributed by atoms with van der Waals surface area (Å²) in [7, 11) is 0. The van der Waals surface area contributed by atoms with Gasteiger partial charge < -0.3 is 10.4 Å². The van der Waals surface area contributed by atoms with Crippen molar-refractivity contribution in [1.82, 2.24) is 5.32 Å². The molecule has 0 rings (SSSR count). The van der Waals surface area contributed by atoms with Gasteiger partial charge in [0.1, 0.15) is 0 Å². The van der Waals surface area contributed by atoms with Gasteiger partial charge in [-0.2, -0.15) is 0 Å². The maximum absolute atomic E-state index is 10.7. The van der Waals surface area contributed by atoms with E-state index in [0.717, 1.165) is 0 Å². The number of rotatable bonds is 5. The zero-order chi connectivity index (χ0) is 8.69. The first-order valence-corrected chi connectivity index (χ1v) is 3.26. The number of aliphatic carboxylic acids is 1. The van der Waals surface area contributed by atoms with Crippen LogP contribution in [0, 0.1) is 0 Å².